The second-order valence-electron chi connectivity index (χ2n) is 4.29. The molecule has 0 unspecified atom stereocenters. The Morgan fingerprint density at radius 1 is 1.21 bits per heavy atom. The first-order valence-electron chi connectivity index (χ1n) is 5.92. The zero-order chi connectivity index (χ0) is 13.8. The summed E-state index contributed by atoms with van der Waals surface area (Å²) in [5.74, 6) is 0.459. The highest BCUT2D eigenvalue weighted by Gasteiger charge is 2.02. The lowest BCUT2D eigenvalue weighted by molar-refractivity contribution is 0.415. The molecule has 0 radical (unpaired) electrons. The number of hydrogen-bond donors (Lipinski definition) is 1. The second kappa shape index (κ2) is 5.93. The Balaban J connectivity index is 2.05. The van der Waals surface area contributed by atoms with Crippen molar-refractivity contribution in [2.75, 3.05) is 12.4 Å². The van der Waals surface area contributed by atoms with E-state index >= 15 is 0 Å². The van der Waals surface area contributed by atoms with Gasteiger partial charge in [-0.25, -0.2) is 4.39 Å². The Morgan fingerprint density at radius 2 is 2.00 bits per heavy atom. The van der Waals surface area contributed by atoms with E-state index in [4.69, 9.17) is 16.3 Å². The molecule has 0 aliphatic heterocycles. The number of benzene rings is 2. The summed E-state index contributed by atoms with van der Waals surface area (Å²) in [6, 6.07) is 10.6. The number of halogens is 2. The molecule has 0 heterocycles. The topological polar surface area (TPSA) is 21.3 Å². The van der Waals surface area contributed by atoms with Gasteiger partial charge in [0.05, 0.1) is 12.1 Å². The lowest BCUT2D eigenvalue weighted by Gasteiger charge is -2.09. The van der Waals surface area contributed by atoms with Gasteiger partial charge in [0.1, 0.15) is 11.6 Å². The van der Waals surface area contributed by atoms with Crippen molar-refractivity contribution in [3.05, 3.63) is 58.4 Å². The van der Waals surface area contributed by atoms with Gasteiger partial charge >= 0.3 is 0 Å². The van der Waals surface area contributed by atoms with Crippen LogP contribution < -0.4 is 10.1 Å². The molecule has 0 fully saturated rings. The fourth-order valence-electron chi connectivity index (χ4n) is 1.80. The van der Waals surface area contributed by atoms with Crippen LogP contribution in [0.4, 0.5) is 10.1 Å². The SMILES string of the molecule is COc1ccc(NCc2ccc(F)c(C)c2)cc1Cl. The van der Waals surface area contributed by atoms with E-state index in [1.807, 2.05) is 12.1 Å². The molecule has 100 valence electrons. The molecular formula is C15H15ClFNO. The molecule has 2 aromatic carbocycles. The third-order valence-electron chi connectivity index (χ3n) is 2.87. The van der Waals surface area contributed by atoms with E-state index in [9.17, 15) is 4.39 Å². The molecule has 0 aliphatic carbocycles. The van der Waals surface area contributed by atoms with Crippen LogP contribution in [0.5, 0.6) is 5.75 Å². The summed E-state index contributed by atoms with van der Waals surface area (Å²) >= 11 is 6.04. The number of anilines is 1. The summed E-state index contributed by atoms with van der Waals surface area (Å²) in [6.07, 6.45) is 0. The predicted molar refractivity (Wildman–Crippen MR) is 76.5 cm³/mol. The molecule has 0 saturated carbocycles. The van der Waals surface area contributed by atoms with Crippen LogP contribution in [-0.2, 0) is 6.54 Å². The largest absolute Gasteiger partial charge is 0.495 e. The van der Waals surface area contributed by atoms with Crippen molar-refractivity contribution in [3.8, 4) is 5.75 Å². The van der Waals surface area contributed by atoms with Crippen molar-refractivity contribution in [1.29, 1.82) is 0 Å². The van der Waals surface area contributed by atoms with Gasteiger partial charge < -0.3 is 10.1 Å². The van der Waals surface area contributed by atoms with Gasteiger partial charge in [-0.05, 0) is 42.3 Å². The van der Waals surface area contributed by atoms with Crippen molar-refractivity contribution >= 4 is 17.3 Å². The van der Waals surface area contributed by atoms with Crippen molar-refractivity contribution in [1.82, 2.24) is 0 Å². The van der Waals surface area contributed by atoms with Crippen LogP contribution in [0.1, 0.15) is 11.1 Å². The fraction of sp³-hybridized carbons (Fsp3) is 0.200. The Morgan fingerprint density at radius 3 is 2.63 bits per heavy atom. The zero-order valence-electron chi connectivity index (χ0n) is 10.8. The molecule has 2 nitrogen and oxygen atoms in total. The van der Waals surface area contributed by atoms with Crippen molar-refractivity contribution in [3.63, 3.8) is 0 Å². The van der Waals surface area contributed by atoms with Crippen LogP contribution in [0, 0.1) is 12.7 Å². The fourth-order valence-corrected chi connectivity index (χ4v) is 2.05. The summed E-state index contributed by atoms with van der Waals surface area (Å²) in [7, 11) is 1.58. The average Bonchev–Trinajstić information content (AvgIpc) is 2.40. The normalized spacial score (nSPS) is 10.3. The van der Waals surface area contributed by atoms with E-state index in [0.29, 0.717) is 22.9 Å². The molecule has 0 amide bonds. The zero-order valence-corrected chi connectivity index (χ0v) is 11.6. The summed E-state index contributed by atoms with van der Waals surface area (Å²) in [5.41, 5.74) is 2.56. The summed E-state index contributed by atoms with van der Waals surface area (Å²) < 4.78 is 18.2. The van der Waals surface area contributed by atoms with Crippen molar-refractivity contribution in [2.45, 2.75) is 13.5 Å². The van der Waals surface area contributed by atoms with Gasteiger partial charge in [-0.3, -0.25) is 0 Å². The smallest absolute Gasteiger partial charge is 0.137 e. The first-order chi connectivity index (χ1) is 9.10. The first kappa shape index (κ1) is 13.7. The number of hydrogen-bond acceptors (Lipinski definition) is 2. The molecule has 2 rings (SSSR count). The minimum atomic E-state index is -0.184. The third kappa shape index (κ3) is 3.38. The standard InChI is InChI=1S/C15H15ClFNO/c1-10-7-11(3-5-14(10)17)9-18-12-4-6-15(19-2)13(16)8-12/h3-8,18H,9H2,1-2H3. The highest BCUT2D eigenvalue weighted by Crippen LogP contribution is 2.27. The monoisotopic (exact) mass is 279 g/mol. The van der Waals surface area contributed by atoms with Gasteiger partial charge in [-0.2, -0.15) is 0 Å². The van der Waals surface area contributed by atoms with Gasteiger partial charge in [-0.15, -0.1) is 0 Å². The van der Waals surface area contributed by atoms with Gasteiger partial charge in [0.2, 0.25) is 0 Å². The molecule has 0 spiro atoms. The first-order valence-corrected chi connectivity index (χ1v) is 6.30. The Hall–Kier alpha value is -1.74. The molecule has 0 bridgehead atoms. The summed E-state index contributed by atoms with van der Waals surface area (Å²) in [6.45, 7) is 2.37. The molecule has 0 aromatic heterocycles. The molecule has 0 atom stereocenters. The summed E-state index contributed by atoms with van der Waals surface area (Å²) in [5, 5.41) is 3.80. The van der Waals surface area contributed by atoms with Crippen molar-refractivity contribution < 1.29 is 9.13 Å². The van der Waals surface area contributed by atoms with E-state index in [1.54, 1.807) is 32.2 Å². The third-order valence-corrected chi connectivity index (χ3v) is 3.17. The molecule has 4 heteroatoms. The Kier molecular flexibility index (Phi) is 4.27. The molecule has 19 heavy (non-hydrogen) atoms. The van der Waals surface area contributed by atoms with Gasteiger partial charge in [0.25, 0.3) is 0 Å². The average molecular weight is 280 g/mol. The van der Waals surface area contributed by atoms with E-state index in [-0.39, 0.29) is 5.82 Å². The van der Waals surface area contributed by atoms with Crippen LogP contribution in [0.2, 0.25) is 5.02 Å². The molecule has 0 aliphatic rings. The van der Waals surface area contributed by atoms with E-state index in [0.717, 1.165) is 11.3 Å². The van der Waals surface area contributed by atoms with Crippen LogP contribution >= 0.6 is 11.6 Å². The number of ether oxygens (including phenoxy) is 1. The maximum absolute atomic E-state index is 13.1. The lowest BCUT2D eigenvalue weighted by Crippen LogP contribution is -2.00. The molecule has 1 N–H and O–H groups in total. The number of methoxy groups -OCH3 is 1. The van der Waals surface area contributed by atoms with Gasteiger partial charge in [0, 0.05) is 12.2 Å². The number of rotatable bonds is 4. The summed E-state index contributed by atoms with van der Waals surface area (Å²) in [4.78, 5) is 0. The van der Waals surface area contributed by atoms with Crippen molar-refractivity contribution in [2.24, 2.45) is 0 Å². The number of nitrogens with one attached hydrogen (secondary N) is 1. The van der Waals surface area contributed by atoms with E-state index in [1.165, 1.54) is 6.07 Å². The highest BCUT2D eigenvalue weighted by atomic mass is 35.5. The van der Waals surface area contributed by atoms with E-state index < -0.39 is 0 Å². The van der Waals surface area contributed by atoms with Crippen LogP contribution in [0.3, 0.4) is 0 Å². The van der Waals surface area contributed by atoms with Gasteiger partial charge in [0.15, 0.2) is 0 Å². The molecule has 2 aromatic rings. The van der Waals surface area contributed by atoms with Crippen LogP contribution in [0.15, 0.2) is 36.4 Å². The Labute approximate surface area is 117 Å². The van der Waals surface area contributed by atoms with E-state index in [2.05, 4.69) is 5.32 Å². The van der Waals surface area contributed by atoms with Gasteiger partial charge in [-0.1, -0.05) is 23.7 Å². The van der Waals surface area contributed by atoms with Crippen LogP contribution in [-0.4, -0.2) is 7.11 Å². The maximum atomic E-state index is 13.1. The molecule has 0 saturated heterocycles. The highest BCUT2D eigenvalue weighted by molar-refractivity contribution is 6.32. The van der Waals surface area contributed by atoms with Crippen LogP contribution in [0.25, 0.3) is 0 Å². The Bertz CT molecular complexity index is 586. The predicted octanol–water partition coefficient (Wildman–Crippen LogP) is 4.41. The minimum Gasteiger partial charge on any atom is -0.495 e. The number of aryl methyl sites for hydroxylation is 1. The minimum absolute atomic E-state index is 0.184. The quantitative estimate of drug-likeness (QED) is 0.895. The second-order valence-corrected chi connectivity index (χ2v) is 4.69. The maximum Gasteiger partial charge on any atom is 0.137 e. The lowest BCUT2D eigenvalue weighted by atomic mass is 10.1. The molecular weight excluding hydrogens is 265 g/mol.